The van der Waals surface area contributed by atoms with Crippen molar-refractivity contribution in [3.8, 4) is 0 Å². The molecule has 1 heterocycles. The van der Waals surface area contributed by atoms with E-state index in [1.165, 1.54) is 0 Å². The maximum Gasteiger partial charge on any atom is 0.260 e. The Balaban J connectivity index is 2.21. The molecule has 0 atom stereocenters. The molecule has 1 aromatic heterocycles. The van der Waals surface area contributed by atoms with E-state index in [9.17, 15) is 9.59 Å². The van der Waals surface area contributed by atoms with Crippen molar-refractivity contribution < 1.29 is 9.59 Å². The van der Waals surface area contributed by atoms with Crippen LogP contribution in [0.3, 0.4) is 0 Å². The molecule has 0 saturated heterocycles. The summed E-state index contributed by atoms with van der Waals surface area (Å²) >= 11 is 0. The number of nitrogens with zero attached hydrogens (tertiary/aromatic N) is 3. The van der Waals surface area contributed by atoms with Crippen molar-refractivity contribution >= 4 is 24.0 Å². The number of hydrogen-bond acceptors (Lipinski definition) is 5. The van der Waals surface area contributed by atoms with Gasteiger partial charge in [-0.25, -0.2) is 5.10 Å². The van der Waals surface area contributed by atoms with Crippen LogP contribution in [-0.2, 0) is 4.79 Å². The molecule has 17 heavy (non-hydrogen) atoms. The first kappa shape index (κ1) is 10.7. The van der Waals surface area contributed by atoms with Gasteiger partial charge in [0.2, 0.25) is 12.4 Å². The van der Waals surface area contributed by atoms with Crippen LogP contribution in [0.4, 0.5) is 11.6 Å². The number of carbonyl (C=O) groups excluding carboxylic acids is 2. The van der Waals surface area contributed by atoms with Crippen molar-refractivity contribution in [1.29, 1.82) is 0 Å². The van der Waals surface area contributed by atoms with Crippen molar-refractivity contribution in [3.05, 3.63) is 29.8 Å². The van der Waals surface area contributed by atoms with Crippen molar-refractivity contribution in [3.63, 3.8) is 0 Å². The fourth-order valence-electron chi connectivity index (χ4n) is 1.26. The lowest BCUT2D eigenvalue weighted by Gasteiger charge is -2.06. The quantitative estimate of drug-likeness (QED) is 0.643. The Hall–Kier alpha value is -2.77. The first-order valence-corrected chi connectivity index (χ1v) is 4.65. The molecule has 86 valence electrons. The van der Waals surface area contributed by atoms with E-state index in [2.05, 4.69) is 31.3 Å². The summed E-state index contributed by atoms with van der Waals surface area (Å²) in [4.78, 5) is 22.2. The van der Waals surface area contributed by atoms with E-state index < -0.39 is 5.91 Å². The van der Waals surface area contributed by atoms with Crippen molar-refractivity contribution in [2.24, 2.45) is 0 Å². The summed E-state index contributed by atoms with van der Waals surface area (Å²) in [7, 11) is 0. The largest absolute Gasteiger partial charge is 0.328 e. The van der Waals surface area contributed by atoms with Crippen LogP contribution in [0.1, 0.15) is 10.4 Å². The number of rotatable bonds is 4. The van der Waals surface area contributed by atoms with Crippen LogP contribution in [0, 0.1) is 0 Å². The standard InChI is InChI=1S/C9H8N6O2/c16-5-10-7-4-2-1-3-6(7)8(17)11-9-12-14-15-13-9/h1-5H,(H,10,16)(H2,11,12,13,14,15,17). The third-order valence-electron chi connectivity index (χ3n) is 1.96. The van der Waals surface area contributed by atoms with Gasteiger partial charge >= 0.3 is 0 Å². The topological polar surface area (TPSA) is 113 Å². The second-order valence-corrected chi connectivity index (χ2v) is 3.01. The number of aromatic amines is 1. The van der Waals surface area contributed by atoms with Gasteiger partial charge < -0.3 is 5.32 Å². The Morgan fingerprint density at radius 3 is 2.88 bits per heavy atom. The summed E-state index contributed by atoms with van der Waals surface area (Å²) in [5, 5.41) is 17.4. The molecule has 0 bridgehead atoms. The van der Waals surface area contributed by atoms with Gasteiger partial charge in [-0.15, -0.1) is 0 Å². The SMILES string of the molecule is O=CNc1ccccc1C(=O)Nc1nnn[nH]1. The van der Waals surface area contributed by atoms with Gasteiger partial charge in [0.1, 0.15) is 0 Å². The third-order valence-corrected chi connectivity index (χ3v) is 1.96. The summed E-state index contributed by atoms with van der Waals surface area (Å²) in [5.74, 6) is -0.288. The predicted molar refractivity (Wildman–Crippen MR) is 58.3 cm³/mol. The first-order valence-electron chi connectivity index (χ1n) is 4.65. The van der Waals surface area contributed by atoms with Crippen LogP contribution in [-0.4, -0.2) is 32.9 Å². The van der Waals surface area contributed by atoms with Gasteiger partial charge in [0.15, 0.2) is 0 Å². The molecule has 2 rings (SSSR count). The van der Waals surface area contributed by atoms with E-state index in [4.69, 9.17) is 0 Å². The summed E-state index contributed by atoms with van der Waals surface area (Å²) in [6.07, 6.45) is 0.502. The molecular formula is C9H8N6O2. The van der Waals surface area contributed by atoms with Gasteiger partial charge in [0, 0.05) is 0 Å². The summed E-state index contributed by atoms with van der Waals surface area (Å²) < 4.78 is 0. The normalized spacial score (nSPS) is 9.65. The van der Waals surface area contributed by atoms with E-state index in [1.807, 2.05) is 0 Å². The Labute approximate surface area is 95.4 Å². The van der Waals surface area contributed by atoms with Gasteiger partial charge in [-0.3, -0.25) is 14.9 Å². The number of H-pyrrole nitrogens is 1. The predicted octanol–water partition coefficient (Wildman–Crippen LogP) is 0.0203. The highest BCUT2D eigenvalue weighted by molar-refractivity contribution is 6.08. The number of para-hydroxylation sites is 1. The van der Waals surface area contributed by atoms with Crippen molar-refractivity contribution in [2.75, 3.05) is 10.6 Å². The highest BCUT2D eigenvalue weighted by Gasteiger charge is 2.11. The average molecular weight is 232 g/mol. The zero-order chi connectivity index (χ0) is 12.1. The molecule has 0 saturated carbocycles. The van der Waals surface area contributed by atoms with E-state index in [0.717, 1.165) is 0 Å². The van der Waals surface area contributed by atoms with Crippen LogP contribution in [0.25, 0.3) is 0 Å². The number of tetrazole rings is 1. The molecule has 8 heteroatoms. The summed E-state index contributed by atoms with van der Waals surface area (Å²) in [5.41, 5.74) is 0.725. The molecule has 3 N–H and O–H groups in total. The average Bonchev–Trinajstić information content (AvgIpc) is 2.83. The van der Waals surface area contributed by atoms with Crippen LogP contribution in [0.5, 0.6) is 0 Å². The van der Waals surface area contributed by atoms with Crippen LogP contribution in [0.15, 0.2) is 24.3 Å². The van der Waals surface area contributed by atoms with Gasteiger partial charge in [-0.1, -0.05) is 17.2 Å². The van der Waals surface area contributed by atoms with Crippen molar-refractivity contribution in [2.45, 2.75) is 0 Å². The number of hydrogen-bond donors (Lipinski definition) is 3. The summed E-state index contributed by atoms with van der Waals surface area (Å²) in [6.45, 7) is 0. The van der Waals surface area contributed by atoms with E-state index in [1.54, 1.807) is 24.3 Å². The summed E-state index contributed by atoms with van der Waals surface area (Å²) in [6, 6.07) is 6.58. The monoisotopic (exact) mass is 232 g/mol. The van der Waals surface area contributed by atoms with E-state index in [-0.39, 0.29) is 5.95 Å². The lowest BCUT2D eigenvalue weighted by atomic mass is 10.1. The van der Waals surface area contributed by atoms with Gasteiger partial charge in [-0.2, -0.15) is 0 Å². The Morgan fingerprint density at radius 2 is 2.18 bits per heavy atom. The Bertz CT molecular complexity index is 524. The molecule has 0 fully saturated rings. The highest BCUT2D eigenvalue weighted by atomic mass is 16.2. The second kappa shape index (κ2) is 4.84. The van der Waals surface area contributed by atoms with Crippen LogP contribution >= 0.6 is 0 Å². The number of nitrogens with one attached hydrogen (secondary N) is 3. The maximum absolute atomic E-state index is 11.8. The number of anilines is 2. The number of amides is 2. The number of benzene rings is 1. The number of carbonyl (C=O) groups is 2. The molecular weight excluding hydrogens is 224 g/mol. The molecule has 0 radical (unpaired) electrons. The molecule has 0 spiro atoms. The Morgan fingerprint density at radius 1 is 1.35 bits per heavy atom. The lowest BCUT2D eigenvalue weighted by molar-refractivity contribution is -0.105. The van der Waals surface area contributed by atoms with Crippen LogP contribution in [0.2, 0.25) is 0 Å². The zero-order valence-corrected chi connectivity index (χ0v) is 8.54. The lowest BCUT2D eigenvalue weighted by Crippen LogP contribution is -2.15. The van der Waals surface area contributed by atoms with E-state index >= 15 is 0 Å². The fraction of sp³-hybridized carbons (Fsp3) is 0. The first-order chi connectivity index (χ1) is 8.31. The van der Waals surface area contributed by atoms with Gasteiger partial charge in [0.25, 0.3) is 5.91 Å². The molecule has 0 aliphatic carbocycles. The minimum Gasteiger partial charge on any atom is -0.328 e. The van der Waals surface area contributed by atoms with E-state index in [0.29, 0.717) is 17.7 Å². The molecule has 1 aromatic carbocycles. The van der Waals surface area contributed by atoms with Gasteiger partial charge in [0.05, 0.1) is 11.3 Å². The molecule has 0 aliphatic rings. The smallest absolute Gasteiger partial charge is 0.260 e. The minimum absolute atomic E-state index is 0.135. The molecule has 0 aliphatic heterocycles. The molecule has 8 nitrogen and oxygen atoms in total. The van der Waals surface area contributed by atoms with Gasteiger partial charge in [-0.05, 0) is 22.6 Å². The maximum atomic E-state index is 11.8. The zero-order valence-electron chi connectivity index (χ0n) is 8.54. The fourth-order valence-corrected chi connectivity index (χ4v) is 1.26. The molecule has 2 amide bonds. The number of aromatic nitrogens is 4. The molecule has 0 unspecified atom stereocenters. The third kappa shape index (κ3) is 2.43. The second-order valence-electron chi connectivity index (χ2n) is 3.01. The Kier molecular flexibility index (Phi) is 3.05. The van der Waals surface area contributed by atoms with Crippen molar-refractivity contribution in [1.82, 2.24) is 20.6 Å². The van der Waals surface area contributed by atoms with Crippen LogP contribution < -0.4 is 10.6 Å². The highest BCUT2D eigenvalue weighted by Crippen LogP contribution is 2.15. The minimum atomic E-state index is -0.423. The molecule has 2 aromatic rings.